The molecule has 2 heterocycles. The van der Waals surface area contributed by atoms with Gasteiger partial charge in [0.15, 0.2) is 0 Å². The number of nitrogens with zero attached hydrogens (tertiary/aromatic N) is 2. The number of amides is 2. The van der Waals surface area contributed by atoms with Gasteiger partial charge in [0, 0.05) is 24.1 Å². The number of anilines is 1. The van der Waals surface area contributed by atoms with Crippen LogP contribution in [0, 0.1) is 5.41 Å². The molecule has 1 fully saturated rings. The second-order valence-corrected chi connectivity index (χ2v) is 9.52. The molecular formula is C20H31BrN4O4. The smallest absolute Gasteiger partial charge is 0.411 e. The first kappa shape index (κ1) is 23.6. The second-order valence-electron chi connectivity index (χ2n) is 8.71. The number of carbonyl (C=O) groups excluding carboxylic acids is 2. The molecule has 2 amide bonds. The Morgan fingerprint density at radius 3 is 2.62 bits per heavy atom. The van der Waals surface area contributed by atoms with E-state index in [0.29, 0.717) is 30.0 Å². The number of rotatable bonds is 5. The zero-order chi connectivity index (χ0) is 22.0. The molecule has 162 valence electrons. The summed E-state index contributed by atoms with van der Waals surface area (Å²) in [7, 11) is 1.57. The molecule has 0 spiro atoms. The number of aromatic nitrogens is 1. The Kier molecular flexibility index (Phi) is 7.29. The van der Waals surface area contributed by atoms with Crippen molar-refractivity contribution in [1.29, 1.82) is 0 Å². The summed E-state index contributed by atoms with van der Waals surface area (Å²) >= 11 is 3.32. The van der Waals surface area contributed by atoms with Crippen molar-refractivity contribution in [3.63, 3.8) is 0 Å². The number of hydrogen-bond acceptors (Lipinski definition) is 6. The van der Waals surface area contributed by atoms with Gasteiger partial charge in [0.25, 0.3) is 0 Å². The van der Waals surface area contributed by atoms with Crippen LogP contribution in [0.4, 0.5) is 10.6 Å². The molecule has 9 heteroatoms. The summed E-state index contributed by atoms with van der Waals surface area (Å²) in [5.41, 5.74) is 5.66. The van der Waals surface area contributed by atoms with E-state index >= 15 is 0 Å². The summed E-state index contributed by atoms with van der Waals surface area (Å²) in [4.78, 5) is 32.0. The molecule has 3 N–H and O–H groups in total. The Balaban J connectivity index is 2.33. The van der Waals surface area contributed by atoms with Gasteiger partial charge in [-0.1, -0.05) is 13.0 Å². The van der Waals surface area contributed by atoms with Crippen molar-refractivity contribution in [3.8, 4) is 0 Å². The highest BCUT2D eigenvalue weighted by molar-refractivity contribution is 9.10. The highest BCUT2D eigenvalue weighted by Gasteiger charge is 2.52. The molecular weight excluding hydrogens is 440 g/mol. The van der Waals surface area contributed by atoms with Crippen LogP contribution in [-0.2, 0) is 20.9 Å². The SMILES string of the molecule is COCc1ccc(Br)nc1NC(=O)[C@@H]1C[C@](C)(CN)[C@@H](C)N1C(=O)OC(C)(C)C. The Morgan fingerprint density at radius 2 is 2.07 bits per heavy atom. The van der Waals surface area contributed by atoms with Gasteiger partial charge >= 0.3 is 6.09 Å². The zero-order valence-corrected chi connectivity index (χ0v) is 19.5. The van der Waals surface area contributed by atoms with Crippen LogP contribution in [0.1, 0.15) is 46.6 Å². The molecule has 1 aliphatic rings. The number of pyridine rings is 1. The summed E-state index contributed by atoms with van der Waals surface area (Å²) in [6.45, 7) is 9.92. The molecule has 0 radical (unpaired) electrons. The van der Waals surface area contributed by atoms with E-state index in [1.165, 1.54) is 4.90 Å². The fraction of sp³-hybridized carbons (Fsp3) is 0.650. The van der Waals surface area contributed by atoms with Crippen LogP contribution in [0.5, 0.6) is 0 Å². The van der Waals surface area contributed by atoms with Crippen molar-refractivity contribution >= 4 is 33.7 Å². The average molecular weight is 471 g/mol. The van der Waals surface area contributed by atoms with Crippen LogP contribution in [0.3, 0.4) is 0 Å². The van der Waals surface area contributed by atoms with Crippen molar-refractivity contribution in [2.75, 3.05) is 19.0 Å². The molecule has 0 aliphatic carbocycles. The third-order valence-electron chi connectivity index (χ3n) is 5.28. The van der Waals surface area contributed by atoms with E-state index in [2.05, 4.69) is 26.2 Å². The van der Waals surface area contributed by atoms with Gasteiger partial charge in [-0.3, -0.25) is 9.69 Å². The maximum absolute atomic E-state index is 13.2. The number of nitrogens with two attached hydrogens (primary N) is 1. The highest BCUT2D eigenvalue weighted by atomic mass is 79.9. The molecule has 2 rings (SSSR count). The predicted octanol–water partition coefficient (Wildman–Crippen LogP) is 3.29. The molecule has 8 nitrogen and oxygen atoms in total. The van der Waals surface area contributed by atoms with E-state index in [1.54, 1.807) is 33.9 Å². The minimum absolute atomic E-state index is 0.257. The molecule has 0 bridgehead atoms. The summed E-state index contributed by atoms with van der Waals surface area (Å²) < 4.78 is 11.3. The lowest BCUT2D eigenvalue weighted by Gasteiger charge is -2.33. The van der Waals surface area contributed by atoms with Gasteiger partial charge in [-0.15, -0.1) is 0 Å². The van der Waals surface area contributed by atoms with Crippen LogP contribution in [0.2, 0.25) is 0 Å². The van der Waals surface area contributed by atoms with Crippen LogP contribution < -0.4 is 11.1 Å². The summed E-state index contributed by atoms with van der Waals surface area (Å²) in [6, 6.07) is 2.63. The minimum atomic E-state index is -0.718. The second kappa shape index (κ2) is 8.97. The standard InChI is InChI=1S/C20H31BrN4O4/c1-12-20(5,11-22)9-14(25(12)18(27)29-19(2,3)4)17(26)24-16-13(10-28-6)7-8-15(21)23-16/h7-8,12,14H,9-11,22H2,1-6H3,(H,23,24,26)/t12-,14+,20-/m1/s1. The zero-order valence-electron chi connectivity index (χ0n) is 17.9. The maximum atomic E-state index is 13.2. The number of nitrogens with one attached hydrogen (secondary N) is 1. The molecule has 3 atom stereocenters. The Morgan fingerprint density at radius 1 is 1.41 bits per heavy atom. The molecule has 1 aromatic rings. The van der Waals surface area contributed by atoms with Crippen molar-refractivity contribution in [2.24, 2.45) is 11.1 Å². The maximum Gasteiger partial charge on any atom is 0.411 e. The summed E-state index contributed by atoms with van der Waals surface area (Å²) in [5, 5.41) is 2.86. The van der Waals surface area contributed by atoms with Crippen molar-refractivity contribution < 1.29 is 19.1 Å². The first-order valence-corrected chi connectivity index (χ1v) is 10.4. The number of likely N-dealkylation sites (tertiary alicyclic amines) is 1. The van der Waals surface area contributed by atoms with E-state index in [1.807, 2.05) is 19.9 Å². The first-order chi connectivity index (χ1) is 13.4. The molecule has 0 saturated carbocycles. The Bertz CT molecular complexity index is 767. The number of halogens is 1. The predicted molar refractivity (Wildman–Crippen MR) is 114 cm³/mol. The molecule has 0 aromatic carbocycles. The quantitative estimate of drug-likeness (QED) is 0.639. The number of ether oxygens (including phenoxy) is 2. The molecule has 29 heavy (non-hydrogen) atoms. The molecule has 1 aliphatic heterocycles. The van der Waals surface area contributed by atoms with E-state index in [-0.39, 0.29) is 11.9 Å². The van der Waals surface area contributed by atoms with Crippen molar-refractivity contribution in [1.82, 2.24) is 9.88 Å². The van der Waals surface area contributed by atoms with Crippen LogP contribution in [-0.4, -0.2) is 53.2 Å². The van der Waals surface area contributed by atoms with Crippen LogP contribution >= 0.6 is 15.9 Å². The number of methoxy groups -OCH3 is 1. The summed E-state index contributed by atoms with van der Waals surface area (Å²) in [6.07, 6.45) is -0.0924. The monoisotopic (exact) mass is 470 g/mol. The van der Waals surface area contributed by atoms with Gasteiger partial charge in [-0.2, -0.15) is 0 Å². The van der Waals surface area contributed by atoms with Gasteiger partial charge in [-0.05, 0) is 62.7 Å². The van der Waals surface area contributed by atoms with Gasteiger partial charge in [0.05, 0.1) is 6.61 Å². The third-order valence-corrected chi connectivity index (χ3v) is 5.72. The van der Waals surface area contributed by atoms with E-state index in [4.69, 9.17) is 15.2 Å². The lowest BCUT2D eigenvalue weighted by atomic mass is 9.82. The lowest BCUT2D eigenvalue weighted by Crippen LogP contribution is -2.49. The van der Waals surface area contributed by atoms with Gasteiger partial charge in [-0.25, -0.2) is 9.78 Å². The fourth-order valence-corrected chi connectivity index (χ4v) is 3.74. The van der Waals surface area contributed by atoms with Gasteiger partial charge in [0.2, 0.25) is 5.91 Å². The molecule has 1 saturated heterocycles. The summed E-state index contributed by atoms with van der Waals surface area (Å²) in [5.74, 6) is 0.0622. The average Bonchev–Trinajstić information content (AvgIpc) is 2.88. The Labute approximate surface area is 180 Å². The van der Waals surface area contributed by atoms with Gasteiger partial charge in [0.1, 0.15) is 22.1 Å². The lowest BCUT2D eigenvalue weighted by molar-refractivity contribution is -0.120. The van der Waals surface area contributed by atoms with E-state index < -0.39 is 23.2 Å². The molecule has 1 aromatic heterocycles. The largest absolute Gasteiger partial charge is 0.444 e. The van der Waals surface area contributed by atoms with Crippen molar-refractivity contribution in [3.05, 3.63) is 22.3 Å². The van der Waals surface area contributed by atoms with Crippen LogP contribution in [0.25, 0.3) is 0 Å². The Hall–Kier alpha value is -1.71. The van der Waals surface area contributed by atoms with Crippen molar-refractivity contribution in [2.45, 2.75) is 65.3 Å². The van der Waals surface area contributed by atoms with E-state index in [0.717, 1.165) is 5.56 Å². The van der Waals surface area contributed by atoms with Gasteiger partial charge < -0.3 is 20.5 Å². The molecule has 0 unspecified atom stereocenters. The highest BCUT2D eigenvalue weighted by Crippen LogP contribution is 2.41. The first-order valence-electron chi connectivity index (χ1n) is 9.58. The number of hydrogen-bond donors (Lipinski definition) is 2. The van der Waals surface area contributed by atoms with Crippen LogP contribution in [0.15, 0.2) is 16.7 Å². The number of carbonyl (C=O) groups is 2. The minimum Gasteiger partial charge on any atom is -0.444 e. The topological polar surface area (TPSA) is 107 Å². The normalized spacial score (nSPS) is 24.5. The van der Waals surface area contributed by atoms with E-state index in [9.17, 15) is 9.59 Å². The third kappa shape index (κ3) is 5.46. The fourth-order valence-electron chi connectivity index (χ4n) is 3.43.